The molecular weight excluding hydrogens is 310 g/mol. The molecule has 2 heterocycles. The zero-order valence-corrected chi connectivity index (χ0v) is 13.8. The van der Waals surface area contributed by atoms with E-state index < -0.39 is 6.04 Å². The number of carbonyl (C=O) groups is 1. The second-order valence-electron chi connectivity index (χ2n) is 5.68. The van der Waals surface area contributed by atoms with Gasteiger partial charge in [-0.3, -0.25) is 4.79 Å². The first-order chi connectivity index (χ1) is 11.8. The number of likely N-dealkylation sites (tertiary alicyclic amines) is 1. The molecule has 2 aromatic rings. The molecule has 1 fully saturated rings. The quantitative estimate of drug-likeness (QED) is 0.534. The third-order valence-corrected chi connectivity index (χ3v) is 4.28. The number of nitrogens with zero attached hydrogens (tertiary/aromatic N) is 5. The van der Waals surface area contributed by atoms with Gasteiger partial charge in [-0.05, 0) is 41.0 Å². The van der Waals surface area contributed by atoms with Crippen LogP contribution < -0.4 is 4.74 Å². The lowest BCUT2D eigenvalue weighted by Crippen LogP contribution is -2.55. The summed E-state index contributed by atoms with van der Waals surface area (Å²) in [4.78, 5) is 14.5. The third kappa shape index (κ3) is 3.09. The summed E-state index contributed by atoms with van der Waals surface area (Å²) in [6, 6.07) is 7.30. The Balaban J connectivity index is 1.78. The number of hydrogen-bond donors (Lipinski definition) is 0. The molecule has 8 heteroatoms. The number of unbranched alkanes of at least 4 members (excludes halogenated alkanes) is 1. The average Bonchev–Trinajstić information content (AvgIpc) is 3.13. The Hall–Kier alpha value is -2.48. The van der Waals surface area contributed by atoms with Gasteiger partial charge in [0.2, 0.25) is 0 Å². The van der Waals surface area contributed by atoms with Gasteiger partial charge in [0.05, 0.1) is 13.2 Å². The summed E-state index contributed by atoms with van der Waals surface area (Å²) in [7, 11) is 3.32. The molecule has 0 bridgehead atoms. The first-order valence-corrected chi connectivity index (χ1v) is 7.92. The third-order valence-electron chi connectivity index (χ3n) is 4.28. The van der Waals surface area contributed by atoms with E-state index in [4.69, 9.17) is 9.47 Å². The highest BCUT2D eigenvalue weighted by molar-refractivity contribution is 5.88. The lowest BCUT2D eigenvalue weighted by molar-refractivity contribution is -0.156. The van der Waals surface area contributed by atoms with Crippen molar-refractivity contribution in [2.45, 2.75) is 24.9 Å². The van der Waals surface area contributed by atoms with Crippen LogP contribution in [0.15, 0.2) is 30.6 Å². The van der Waals surface area contributed by atoms with Gasteiger partial charge >= 0.3 is 0 Å². The number of methoxy groups -OCH3 is 2. The van der Waals surface area contributed by atoms with Crippen molar-refractivity contribution in [2.24, 2.45) is 0 Å². The van der Waals surface area contributed by atoms with Gasteiger partial charge in [0, 0.05) is 20.3 Å². The van der Waals surface area contributed by atoms with E-state index in [1.165, 1.54) is 11.0 Å². The molecule has 0 unspecified atom stereocenters. The number of hydrogen-bond acceptors (Lipinski definition) is 6. The van der Waals surface area contributed by atoms with E-state index in [-0.39, 0.29) is 11.9 Å². The van der Waals surface area contributed by atoms with E-state index in [1.807, 2.05) is 29.2 Å². The molecule has 2 atom stereocenters. The van der Waals surface area contributed by atoms with Crippen LogP contribution in [0.25, 0.3) is 0 Å². The van der Waals surface area contributed by atoms with Gasteiger partial charge in [0.1, 0.15) is 12.1 Å². The molecule has 1 aromatic heterocycles. The van der Waals surface area contributed by atoms with Crippen LogP contribution >= 0.6 is 0 Å². The fourth-order valence-electron chi connectivity index (χ4n) is 3.03. The van der Waals surface area contributed by atoms with Crippen LogP contribution in [0, 0.1) is 0 Å². The molecule has 1 aromatic carbocycles. The molecule has 1 amide bonds. The lowest BCUT2D eigenvalue weighted by Gasteiger charge is -2.47. The second-order valence-corrected chi connectivity index (χ2v) is 5.68. The van der Waals surface area contributed by atoms with Gasteiger partial charge in [-0.15, -0.1) is 5.10 Å². The first kappa shape index (κ1) is 16.4. The van der Waals surface area contributed by atoms with Crippen LogP contribution in [0.1, 0.15) is 30.5 Å². The molecule has 128 valence electrons. The van der Waals surface area contributed by atoms with Gasteiger partial charge < -0.3 is 14.4 Å². The molecular formula is C16H21N5O3. The molecule has 1 aliphatic rings. The molecule has 8 nitrogen and oxygen atoms in total. The lowest BCUT2D eigenvalue weighted by atomic mass is 9.88. The Morgan fingerprint density at radius 1 is 1.12 bits per heavy atom. The van der Waals surface area contributed by atoms with Crippen LogP contribution in [-0.2, 0) is 9.53 Å². The van der Waals surface area contributed by atoms with Gasteiger partial charge in [-0.25, -0.2) is 4.68 Å². The zero-order valence-electron chi connectivity index (χ0n) is 13.8. The van der Waals surface area contributed by atoms with Crippen molar-refractivity contribution in [3.05, 3.63) is 36.2 Å². The number of ether oxygens (including phenoxy) is 2. The second kappa shape index (κ2) is 7.39. The molecule has 0 radical (unpaired) electrons. The predicted molar refractivity (Wildman–Crippen MR) is 85.4 cm³/mol. The highest BCUT2D eigenvalue weighted by Gasteiger charge is 2.49. The van der Waals surface area contributed by atoms with Gasteiger partial charge in [-0.1, -0.05) is 12.1 Å². The fourth-order valence-corrected chi connectivity index (χ4v) is 3.03. The summed E-state index contributed by atoms with van der Waals surface area (Å²) >= 11 is 0. The van der Waals surface area contributed by atoms with Crippen LogP contribution in [0.2, 0.25) is 0 Å². The minimum Gasteiger partial charge on any atom is -0.497 e. The number of carbonyl (C=O) groups excluding carboxylic acids is 1. The molecule has 1 saturated heterocycles. The minimum atomic E-state index is -0.393. The van der Waals surface area contributed by atoms with Crippen LogP contribution in [-0.4, -0.2) is 58.4 Å². The predicted octanol–water partition coefficient (Wildman–Crippen LogP) is 1.23. The van der Waals surface area contributed by atoms with E-state index in [0.717, 1.165) is 24.2 Å². The van der Waals surface area contributed by atoms with Crippen molar-refractivity contribution in [1.82, 2.24) is 25.1 Å². The molecule has 3 rings (SSSR count). The van der Waals surface area contributed by atoms with Crippen molar-refractivity contribution < 1.29 is 14.3 Å². The van der Waals surface area contributed by atoms with Crippen molar-refractivity contribution in [2.75, 3.05) is 27.4 Å². The number of tetrazole rings is 1. The van der Waals surface area contributed by atoms with E-state index in [9.17, 15) is 4.79 Å². The number of rotatable bonds is 8. The maximum Gasteiger partial charge on any atom is 0.250 e. The Labute approximate surface area is 140 Å². The normalized spacial score (nSPS) is 20.1. The van der Waals surface area contributed by atoms with Crippen molar-refractivity contribution in [3.8, 4) is 5.75 Å². The Bertz CT molecular complexity index is 659. The maximum atomic E-state index is 12.6. The average molecular weight is 331 g/mol. The minimum absolute atomic E-state index is 0.0422. The van der Waals surface area contributed by atoms with Crippen molar-refractivity contribution >= 4 is 5.91 Å². The summed E-state index contributed by atoms with van der Waals surface area (Å²) in [5.41, 5.74) is 1.04. The van der Waals surface area contributed by atoms with E-state index in [2.05, 4.69) is 15.5 Å². The Morgan fingerprint density at radius 2 is 1.92 bits per heavy atom. The number of amides is 1. The van der Waals surface area contributed by atoms with Gasteiger partial charge in [0.25, 0.3) is 5.91 Å². The van der Waals surface area contributed by atoms with Crippen molar-refractivity contribution in [1.29, 1.82) is 0 Å². The van der Waals surface area contributed by atoms with Crippen LogP contribution in [0.4, 0.5) is 0 Å². The van der Waals surface area contributed by atoms with Crippen LogP contribution in [0.5, 0.6) is 5.75 Å². The summed E-state index contributed by atoms with van der Waals surface area (Å²) in [5.74, 6) is 0.829. The molecule has 0 aliphatic carbocycles. The smallest absolute Gasteiger partial charge is 0.250 e. The molecule has 24 heavy (non-hydrogen) atoms. The van der Waals surface area contributed by atoms with Crippen molar-refractivity contribution in [3.63, 3.8) is 0 Å². The largest absolute Gasteiger partial charge is 0.497 e. The number of β-lactam (4-membered cyclic amide) rings is 1. The SMILES string of the molecule is COCCCCN1C(=O)[C@@H](n2cnnn2)[C@H]1c1ccc(OC)cc1. The summed E-state index contributed by atoms with van der Waals surface area (Å²) < 4.78 is 11.8. The molecule has 0 N–H and O–H groups in total. The highest BCUT2D eigenvalue weighted by atomic mass is 16.5. The van der Waals surface area contributed by atoms with E-state index in [1.54, 1.807) is 14.2 Å². The molecule has 1 aliphatic heterocycles. The summed E-state index contributed by atoms with van der Waals surface area (Å²) in [5, 5.41) is 11.2. The van der Waals surface area contributed by atoms with Crippen LogP contribution in [0.3, 0.4) is 0 Å². The van der Waals surface area contributed by atoms with E-state index >= 15 is 0 Å². The number of benzene rings is 1. The van der Waals surface area contributed by atoms with E-state index in [0.29, 0.717) is 13.2 Å². The first-order valence-electron chi connectivity index (χ1n) is 7.92. The highest BCUT2D eigenvalue weighted by Crippen LogP contribution is 2.43. The zero-order chi connectivity index (χ0) is 16.9. The molecule has 0 spiro atoms. The monoisotopic (exact) mass is 331 g/mol. The number of aromatic nitrogens is 4. The summed E-state index contributed by atoms with van der Waals surface area (Å²) in [6.07, 6.45) is 3.31. The fraction of sp³-hybridized carbons (Fsp3) is 0.500. The maximum absolute atomic E-state index is 12.6. The standard InChI is InChI=1S/C16H21N5O3/c1-23-10-4-3-9-20-14(12-5-7-13(24-2)8-6-12)15(16(20)22)21-11-17-18-19-21/h5-8,11,14-15H,3-4,9-10H2,1-2H3/t14-,15+/m1/s1. The molecule has 0 saturated carbocycles. The Morgan fingerprint density at radius 3 is 2.54 bits per heavy atom. The topological polar surface area (TPSA) is 82.4 Å². The summed E-state index contributed by atoms with van der Waals surface area (Å²) in [6.45, 7) is 1.39. The Kier molecular flexibility index (Phi) is 5.05. The van der Waals surface area contributed by atoms with Gasteiger partial charge in [-0.2, -0.15) is 0 Å². The van der Waals surface area contributed by atoms with Gasteiger partial charge in [0.15, 0.2) is 6.04 Å².